The number of unbranched alkanes of at least 4 members (excludes halogenated alkanes) is 1. The fraction of sp³-hybridized carbons (Fsp3) is 0.405. The highest BCUT2D eigenvalue weighted by Crippen LogP contribution is 2.40. The number of carboxylic acid groups (broad SMARTS) is 4. The van der Waals surface area contributed by atoms with Gasteiger partial charge in [-0.1, -0.05) is 25.5 Å². The first-order valence-corrected chi connectivity index (χ1v) is 15.8. The minimum Gasteiger partial charge on any atom is -0.497 e. The normalized spacial score (nSPS) is 10.9. The largest absolute Gasteiger partial charge is 0.497 e. The van der Waals surface area contributed by atoms with E-state index in [4.69, 9.17) is 9.47 Å². The lowest BCUT2D eigenvalue weighted by Gasteiger charge is -2.22. The molecule has 4 N–H and O–H groups in total. The highest BCUT2D eigenvalue weighted by molar-refractivity contribution is 5.82. The number of benzene rings is 3. The number of hydrogen-bond acceptors (Lipinski definition) is 6. The van der Waals surface area contributed by atoms with Crippen molar-refractivity contribution in [3.8, 4) is 33.8 Å². The zero-order valence-electron chi connectivity index (χ0n) is 27.5. The number of hydrogen-bond donors (Lipinski definition) is 4. The lowest BCUT2D eigenvalue weighted by atomic mass is 9.85. The summed E-state index contributed by atoms with van der Waals surface area (Å²) in [5.74, 6) is -2.74. The van der Waals surface area contributed by atoms with Crippen molar-refractivity contribution in [1.29, 1.82) is 0 Å². The Morgan fingerprint density at radius 3 is 1.38 bits per heavy atom. The van der Waals surface area contributed by atoms with Gasteiger partial charge in [-0.15, -0.1) is 0 Å². The van der Waals surface area contributed by atoms with Crippen LogP contribution in [0.25, 0.3) is 22.3 Å². The predicted octanol–water partition coefficient (Wildman–Crippen LogP) is 6.89. The summed E-state index contributed by atoms with van der Waals surface area (Å²) in [7, 11) is 1.51. The number of methoxy groups -OCH3 is 1. The average molecular weight is 649 g/mol. The molecule has 0 saturated carbocycles. The Balaban J connectivity index is 2.25. The average Bonchev–Trinajstić information content (AvgIpc) is 3.00. The number of rotatable bonds is 19. The molecular weight excluding hydrogens is 604 g/mol. The third kappa shape index (κ3) is 10.3. The first-order valence-electron chi connectivity index (χ1n) is 15.8. The van der Waals surface area contributed by atoms with E-state index in [2.05, 4.69) is 0 Å². The zero-order chi connectivity index (χ0) is 34.7. The summed E-state index contributed by atoms with van der Waals surface area (Å²) in [6, 6.07) is 11.4. The minimum absolute atomic E-state index is 0.112. The smallest absolute Gasteiger partial charge is 0.303 e. The summed E-state index contributed by atoms with van der Waals surface area (Å²) in [4.78, 5) is 46.1. The first kappa shape index (κ1) is 36.6. The molecule has 0 saturated heterocycles. The molecule has 0 aliphatic rings. The van der Waals surface area contributed by atoms with Crippen LogP contribution in [0.5, 0.6) is 11.5 Å². The second-order valence-electron chi connectivity index (χ2n) is 11.7. The number of carbonyl (C=O) groups is 4. The lowest BCUT2D eigenvalue weighted by molar-refractivity contribution is -0.138. The Hall–Kier alpha value is -4.86. The van der Waals surface area contributed by atoms with Crippen molar-refractivity contribution in [2.75, 3.05) is 13.7 Å². The molecule has 0 fully saturated rings. The van der Waals surface area contributed by atoms with Crippen LogP contribution in [0.2, 0.25) is 0 Å². The number of aryl methyl sites for hydroxylation is 6. The Morgan fingerprint density at radius 1 is 0.596 bits per heavy atom. The van der Waals surface area contributed by atoms with Gasteiger partial charge in [-0.3, -0.25) is 19.2 Å². The van der Waals surface area contributed by atoms with Gasteiger partial charge in [0.25, 0.3) is 0 Å². The molecule has 0 aliphatic heterocycles. The molecule has 0 bridgehead atoms. The van der Waals surface area contributed by atoms with Gasteiger partial charge in [0.05, 0.1) is 13.7 Å². The zero-order valence-corrected chi connectivity index (χ0v) is 27.5. The summed E-state index contributed by atoms with van der Waals surface area (Å²) in [5.41, 5.74) is 7.93. The van der Waals surface area contributed by atoms with Crippen LogP contribution < -0.4 is 9.47 Å². The van der Waals surface area contributed by atoms with Crippen molar-refractivity contribution in [3.05, 3.63) is 69.8 Å². The molecule has 252 valence electrons. The van der Waals surface area contributed by atoms with Crippen molar-refractivity contribution in [1.82, 2.24) is 0 Å². The molecule has 0 aromatic heterocycles. The number of aliphatic carboxylic acids is 4. The maximum absolute atomic E-state index is 11.6. The highest BCUT2D eigenvalue weighted by atomic mass is 16.5. The summed E-state index contributed by atoms with van der Waals surface area (Å²) >= 11 is 0. The van der Waals surface area contributed by atoms with Gasteiger partial charge in [0.2, 0.25) is 0 Å². The second kappa shape index (κ2) is 17.2. The Morgan fingerprint density at radius 2 is 1.00 bits per heavy atom. The molecule has 10 heteroatoms. The van der Waals surface area contributed by atoms with E-state index in [0.29, 0.717) is 29.2 Å². The summed E-state index contributed by atoms with van der Waals surface area (Å²) in [6.45, 7) is 6.36. The summed E-state index contributed by atoms with van der Waals surface area (Å²) in [6.07, 6.45) is 2.13. The van der Waals surface area contributed by atoms with Gasteiger partial charge in [-0.2, -0.15) is 0 Å². The predicted molar refractivity (Wildman–Crippen MR) is 178 cm³/mol. The topological polar surface area (TPSA) is 168 Å². The highest BCUT2D eigenvalue weighted by Gasteiger charge is 2.21. The van der Waals surface area contributed by atoms with Gasteiger partial charge in [-0.05, 0) is 126 Å². The lowest BCUT2D eigenvalue weighted by Crippen LogP contribution is -2.08. The number of carboxylic acids is 4. The Kier molecular flexibility index (Phi) is 13.4. The molecule has 0 aliphatic carbocycles. The summed E-state index contributed by atoms with van der Waals surface area (Å²) < 4.78 is 11.6. The third-order valence-corrected chi connectivity index (χ3v) is 8.04. The van der Waals surface area contributed by atoms with Crippen LogP contribution >= 0.6 is 0 Å². The van der Waals surface area contributed by atoms with Crippen molar-refractivity contribution < 1.29 is 49.1 Å². The van der Waals surface area contributed by atoms with Crippen LogP contribution in [0.1, 0.15) is 78.8 Å². The van der Waals surface area contributed by atoms with Crippen LogP contribution in [-0.2, 0) is 44.9 Å². The van der Waals surface area contributed by atoms with E-state index in [1.807, 2.05) is 45.0 Å². The van der Waals surface area contributed by atoms with Gasteiger partial charge >= 0.3 is 23.9 Å². The van der Waals surface area contributed by atoms with Crippen LogP contribution in [0.4, 0.5) is 0 Å². The molecule has 10 nitrogen and oxygen atoms in total. The third-order valence-electron chi connectivity index (χ3n) is 8.04. The SMILES string of the molecule is CCCCOc1c(CCC(=O)O)cc(-c2c(C)cc(-c3c(CCC(=O)O)cc(OC)cc3CCC(=O)O)cc2C)cc1CCC(=O)O. The molecule has 0 atom stereocenters. The van der Waals surface area contributed by atoms with E-state index < -0.39 is 23.9 Å². The molecule has 3 aromatic rings. The van der Waals surface area contributed by atoms with Crippen LogP contribution in [0, 0.1) is 13.8 Å². The molecule has 0 spiro atoms. The maximum atomic E-state index is 11.6. The van der Waals surface area contributed by atoms with Crippen LogP contribution in [0.15, 0.2) is 36.4 Å². The molecule has 0 heterocycles. The molecular formula is C37H44O10. The van der Waals surface area contributed by atoms with E-state index in [-0.39, 0.29) is 51.4 Å². The van der Waals surface area contributed by atoms with E-state index in [0.717, 1.165) is 57.3 Å². The van der Waals surface area contributed by atoms with Gasteiger partial charge in [0.1, 0.15) is 11.5 Å². The van der Waals surface area contributed by atoms with E-state index in [9.17, 15) is 39.6 Å². The van der Waals surface area contributed by atoms with Gasteiger partial charge < -0.3 is 29.9 Å². The fourth-order valence-corrected chi connectivity index (χ4v) is 5.92. The maximum Gasteiger partial charge on any atom is 0.303 e. The quantitative estimate of drug-likeness (QED) is 0.100. The monoisotopic (exact) mass is 648 g/mol. The van der Waals surface area contributed by atoms with Crippen molar-refractivity contribution in [3.63, 3.8) is 0 Å². The molecule has 0 radical (unpaired) electrons. The Labute approximate surface area is 275 Å². The molecule has 47 heavy (non-hydrogen) atoms. The molecule has 3 rings (SSSR count). The first-order chi connectivity index (χ1) is 22.3. The Bertz CT molecular complexity index is 1520. The van der Waals surface area contributed by atoms with E-state index >= 15 is 0 Å². The van der Waals surface area contributed by atoms with Gasteiger partial charge in [0, 0.05) is 25.7 Å². The number of ether oxygens (including phenoxy) is 2. The van der Waals surface area contributed by atoms with Crippen molar-refractivity contribution >= 4 is 23.9 Å². The molecule has 0 amide bonds. The second-order valence-corrected chi connectivity index (χ2v) is 11.7. The van der Waals surface area contributed by atoms with Crippen LogP contribution in [-0.4, -0.2) is 58.0 Å². The van der Waals surface area contributed by atoms with Crippen molar-refractivity contribution in [2.24, 2.45) is 0 Å². The van der Waals surface area contributed by atoms with Crippen molar-refractivity contribution in [2.45, 2.75) is 85.0 Å². The van der Waals surface area contributed by atoms with Gasteiger partial charge in [-0.25, -0.2) is 0 Å². The van der Waals surface area contributed by atoms with E-state index in [1.165, 1.54) is 7.11 Å². The van der Waals surface area contributed by atoms with Crippen LogP contribution in [0.3, 0.4) is 0 Å². The fourth-order valence-electron chi connectivity index (χ4n) is 5.92. The molecule has 3 aromatic carbocycles. The summed E-state index contributed by atoms with van der Waals surface area (Å²) in [5, 5.41) is 37.8. The molecule has 0 unspecified atom stereocenters. The minimum atomic E-state index is -0.951. The standard InChI is InChI=1S/C37H44O10/c1-5-6-15-47-37-26(9-13-33(42)43)18-29(19-27(37)10-14-34(44)45)35-22(2)16-28(17-23(35)3)36-24(7-11-31(38)39)20-30(46-4)21-25(36)8-12-32(40)41/h16-21H,5-15H2,1-4H3,(H,38,39)(H,40,41)(H,42,43)(H,44,45). The van der Waals surface area contributed by atoms with E-state index in [1.54, 1.807) is 12.1 Å². The van der Waals surface area contributed by atoms with Gasteiger partial charge in [0.15, 0.2) is 0 Å².